The summed E-state index contributed by atoms with van der Waals surface area (Å²) in [6.45, 7) is -0.102. The van der Waals surface area contributed by atoms with Crippen molar-refractivity contribution < 1.29 is 36.0 Å². The first-order valence-corrected chi connectivity index (χ1v) is 9.79. The molecule has 6 nitrogen and oxygen atoms in total. The van der Waals surface area contributed by atoms with E-state index >= 15 is 0 Å². The van der Waals surface area contributed by atoms with E-state index in [0.29, 0.717) is 44.3 Å². The average molecular weight is 368 g/mol. The van der Waals surface area contributed by atoms with Crippen molar-refractivity contribution in [3.05, 3.63) is 0 Å². The molecule has 24 heavy (non-hydrogen) atoms. The van der Waals surface area contributed by atoms with Crippen molar-refractivity contribution >= 4 is 10.1 Å². The Bertz CT molecular complexity index is 603. The van der Waals surface area contributed by atoms with Gasteiger partial charge in [0, 0.05) is 6.42 Å². The summed E-state index contributed by atoms with van der Waals surface area (Å²) in [4.78, 5) is 0. The zero-order valence-corrected chi connectivity index (χ0v) is 14.1. The molecule has 138 valence electrons. The van der Waals surface area contributed by atoms with E-state index < -0.39 is 27.6 Å². The Labute approximate surface area is 139 Å². The van der Waals surface area contributed by atoms with E-state index in [9.17, 15) is 17.2 Å². The summed E-state index contributed by atoms with van der Waals surface area (Å²) in [5.41, 5.74) is -1.15. The molecule has 4 aliphatic carbocycles. The smallest absolute Gasteiger partial charge is 0.372 e. The lowest BCUT2D eigenvalue weighted by Crippen LogP contribution is -2.61. The Kier molecular flexibility index (Phi) is 3.79. The summed E-state index contributed by atoms with van der Waals surface area (Å²) in [7, 11) is -5.47. The van der Waals surface area contributed by atoms with Crippen LogP contribution in [-0.4, -0.2) is 55.4 Å². The highest BCUT2D eigenvalue weighted by atomic mass is 32.2. The molecule has 0 radical (unpaired) electrons. The van der Waals surface area contributed by atoms with Crippen molar-refractivity contribution in [3.63, 3.8) is 0 Å². The largest absolute Gasteiger partial charge is 0.392 e. The van der Waals surface area contributed by atoms with Crippen LogP contribution in [0.2, 0.25) is 0 Å². The second-order valence-corrected chi connectivity index (χ2v) is 9.54. The topological polar surface area (TPSA) is 85.4 Å². The zero-order chi connectivity index (χ0) is 17.2. The summed E-state index contributed by atoms with van der Waals surface area (Å²) in [5.74, 6) is 0.705. The van der Waals surface area contributed by atoms with Gasteiger partial charge in [-0.1, -0.05) is 0 Å². The quantitative estimate of drug-likeness (QED) is 0.546. The SMILES string of the molecule is O=S(=O)(O)C(F)(F)COC12CC3CC(CC(OCC4CO4)(C3)C1)C2. The maximum Gasteiger partial charge on any atom is 0.392 e. The first-order valence-electron chi connectivity index (χ1n) is 8.35. The maximum absolute atomic E-state index is 13.6. The lowest BCUT2D eigenvalue weighted by molar-refractivity contribution is -0.247. The van der Waals surface area contributed by atoms with Gasteiger partial charge in [-0.3, -0.25) is 4.55 Å². The van der Waals surface area contributed by atoms with Gasteiger partial charge in [-0.05, 0) is 43.9 Å². The second-order valence-electron chi connectivity index (χ2n) is 7.99. The predicted molar refractivity (Wildman–Crippen MR) is 78.3 cm³/mol. The molecule has 1 saturated heterocycles. The molecule has 9 heteroatoms. The standard InChI is InChI=1S/C15H22F2O6S/c16-15(17,24(18,19)20)9-23-14-4-10-1-11(5-14)3-13(2-10,8-14)22-7-12-6-21-12/h10-12H,1-9H2,(H,18,19,20). The Morgan fingerprint density at radius 1 is 1.12 bits per heavy atom. The van der Waals surface area contributed by atoms with Crippen LogP contribution in [0.15, 0.2) is 0 Å². The molecule has 3 unspecified atom stereocenters. The second kappa shape index (κ2) is 5.33. The van der Waals surface area contributed by atoms with Gasteiger partial charge in [0.05, 0.1) is 24.4 Å². The number of epoxide rings is 1. The molecule has 0 aromatic heterocycles. The molecule has 5 rings (SSSR count). The minimum Gasteiger partial charge on any atom is -0.372 e. The number of ether oxygens (including phenoxy) is 3. The Morgan fingerprint density at radius 2 is 1.67 bits per heavy atom. The van der Waals surface area contributed by atoms with Crippen LogP contribution in [0.3, 0.4) is 0 Å². The van der Waals surface area contributed by atoms with Gasteiger partial charge in [0.25, 0.3) is 0 Å². The van der Waals surface area contributed by atoms with Crippen LogP contribution >= 0.6 is 0 Å². The van der Waals surface area contributed by atoms with Crippen molar-refractivity contribution in [2.24, 2.45) is 11.8 Å². The van der Waals surface area contributed by atoms with Crippen LogP contribution < -0.4 is 0 Å². The minimum absolute atomic E-state index is 0.138. The summed E-state index contributed by atoms with van der Waals surface area (Å²) in [6.07, 6.45) is 4.78. The van der Waals surface area contributed by atoms with Gasteiger partial charge in [0.1, 0.15) is 12.7 Å². The molecule has 4 saturated carbocycles. The van der Waals surface area contributed by atoms with Crippen molar-refractivity contribution in [1.29, 1.82) is 0 Å². The van der Waals surface area contributed by atoms with Gasteiger partial charge in [0.2, 0.25) is 0 Å². The molecule has 1 N–H and O–H groups in total. The van der Waals surface area contributed by atoms with Crippen LogP contribution in [0, 0.1) is 11.8 Å². The lowest BCUT2D eigenvalue weighted by Gasteiger charge is -2.61. The van der Waals surface area contributed by atoms with E-state index in [1.54, 1.807) is 0 Å². The number of hydrogen-bond donors (Lipinski definition) is 1. The van der Waals surface area contributed by atoms with Gasteiger partial charge in [-0.25, -0.2) is 0 Å². The summed E-state index contributed by atoms with van der Waals surface area (Å²) >= 11 is 0. The van der Waals surface area contributed by atoms with Crippen LogP contribution in [0.5, 0.6) is 0 Å². The normalized spacial score (nSPS) is 44.0. The van der Waals surface area contributed by atoms with Gasteiger partial charge < -0.3 is 14.2 Å². The van der Waals surface area contributed by atoms with Crippen LogP contribution in [-0.2, 0) is 24.3 Å². The van der Waals surface area contributed by atoms with E-state index in [-0.39, 0.29) is 11.7 Å². The zero-order valence-electron chi connectivity index (χ0n) is 13.2. The fourth-order valence-corrected chi connectivity index (χ4v) is 5.39. The third-order valence-corrected chi connectivity index (χ3v) is 6.73. The minimum atomic E-state index is -5.47. The van der Waals surface area contributed by atoms with E-state index in [1.165, 1.54) is 0 Å². The molecule has 0 spiro atoms. The average Bonchev–Trinajstić information content (AvgIpc) is 3.25. The molecule has 1 aliphatic heterocycles. The van der Waals surface area contributed by atoms with Crippen LogP contribution in [0.1, 0.15) is 38.5 Å². The first-order chi connectivity index (χ1) is 11.1. The molecule has 5 aliphatic rings. The molecule has 3 atom stereocenters. The van der Waals surface area contributed by atoms with E-state index in [4.69, 9.17) is 18.8 Å². The van der Waals surface area contributed by atoms with E-state index in [1.807, 2.05) is 0 Å². The summed E-state index contributed by atoms with van der Waals surface area (Å²) in [6, 6.07) is 0. The predicted octanol–water partition coefficient (Wildman–Crippen LogP) is 1.99. The third kappa shape index (κ3) is 3.09. The first kappa shape index (κ1) is 17.1. The highest BCUT2D eigenvalue weighted by Crippen LogP contribution is 2.60. The number of alkyl halides is 2. The fourth-order valence-electron chi connectivity index (χ4n) is 5.18. The maximum atomic E-state index is 13.6. The highest BCUT2D eigenvalue weighted by molar-refractivity contribution is 7.86. The van der Waals surface area contributed by atoms with E-state index in [0.717, 1.165) is 19.3 Å². The molecule has 1 heterocycles. The summed E-state index contributed by atoms with van der Waals surface area (Å²) < 4.78 is 74.2. The van der Waals surface area contributed by atoms with Crippen LogP contribution in [0.4, 0.5) is 8.78 Å². The molecule has 0 aromatic rings. The van der Waals surface area contributed by atoms with E-state index in [2.05, 4.69) is 0 Å². The van der Waals surface area contributed by atoms with Crippen molar-refractivity contribution in [1.82, 2.24) is 0 Å². The molecular formula is C15H22F2O6S. The lowest BCUT2D eigenvalue weighted by atomic mass is 9.52. The Morgan fingerprint density at radius 3 is 2.17 bits per heavy atom. The molecular weight excluding hydrogens is 346 g/mol. The van der Waals surface area contributed by atoms with Gasteiger partial charge in [-0.2, -0.15) is 17.2 Å². The number of halogens is 2. The number of rotatable bonds is 7. The van der Waals surface area contributed by atoms with Crippen molar-refractivity contribution in [2.75, 3.05) is 19.8 Å². The Balaban J connectivity index is 1.48. The highest BCUT2D eigenvalue weighted by Gasteiger charge is 2.60. The number of hydrogen-bond acceptors (Lipinski definition) is 5. The summed E-state index contributed by atoms with van der Waals surface area (Å²) in [5, 5.41) is -4.29. The van der Waals surface area contributed by atoms with Crippen molar-refractivity contribution in [2.45, 2.75) is 61.1 Å². The molecule has 0 amide bonds. The molecule has 5 fully saturated rings. The van der Waals surface area contributed by atoms with Gasteiger partial charge in [-0.15, -0.1) is 0 Å². The Hall–Kier alpha value is -0.350. The molecule has 0 aromatic carbocycles. The van der Waals surface area contributed by atoms with Gasteiger partial charge >= 0.3 is 15.4 Å². The third-order valence-electron chi connectivity index (χ3n) is 5.86. The van der Waals surface area contributed by atoms with Gasteiger partial charge in [0.15, 0.2) is 0 Å². The van der Waals surface area contributed by atoms with Crippen molar-refractivity contribution in [3.8, 4) is 0 Å². The molecule has 4 bridgehead atoms. The van der Waals surface area contributed by atoms with Crippen LogP contribution in [0.25, 0.3) is 0 Å². The fraction of sp³-hybridized carbons (Fsp3) is 1.00. The monoisotopic (exact) mass is 368 g/mol.